The van der Waals surface area contributed by atoms with Crippen LogP contribution in [0.2, 0.25) is 0 Å². The van der Waals surface area contributed by atoms with E-state index in [4.69, 9.17) is 9.72 Å². The van der Waals surface area contributed by atoms with E-state index in [-0.39, 0.29) is 12.5 Å². The third-order valence-electron chi connectivity index (χ3n) is 4.90. The lowest BCUT2D eigenvalue weighted by Gasteiger charge is -2.20. The van der Waals surface area contributed by atoms with Crippen LogP contribution in [0.4, 0.5) is 11.6 Å². The highest BCUT2D eigenvalue weighted by Gasteiger charge is 2.21. The Kier molecular flexibility index (Phi) is 5.10. The molecule has 0 unspecified atom stereocenters. The molecule has 6 heteroatoms. The summed E-state index contributed by atoms with van der Waals surface area (Å²) in [4.78, 5) is 24.1. The van der Waals surface area contributed by atoms with Crippen LogP contribution in [-0.2, 0) is 4.79 Å². The molecule has 0 saturated carbocycles. The second-order valence-electron chi connectivity index (χ2n) is 7.18. The number of amides is 1. The first-order chi connectivity index (χ1) is 13.6. The SMILES string of the molecule is Cc1ccc(OCC(=O)Nc2nc3ccccc3nc2N2CCCC2)c(C)c1. The Morgan fingerprint density at radius 3 is 2.50 bits per heavy atom. The zero-order chi connectivity index (χ0) is 19.5. The number of carbonyl (C=O) groups excluding carboxylic acids is 1. The second kappa shape index (κ2) is 7.84. The van der Waals surface area contributed by atoms with Crippen LogP contribution in [-0.4, -0.2) is 35.6 Å². The number of ether oxygens (including phenoxy) is 1. The Labute approximate surface area is 164 Å². The fourth-order valence-electron chi connectivity index (χ4n) is 3.50. The van der Waals surface area contributed by atoms with Gasteiger partial charge >= 0.3 is 0 Å². The summed E-state index contributed by atoms with van der Waals surface area (Å²) in [7, 11) is 0. The summed E-state index contributed by atoms with van der Waals surface area (Å²) in [6, 6.07) is 13.6. The van der Waals surface area contributed by atoms with Crippen molar-refractivity contribution in [3.63, 3.8) is 0 Å². The highest BCUT2D eigenvalue weighted by atomic mass is 16.5. The molecule has 1 aliphatic rings. The van der Waals surface area contributed by atoms with Crippen LogP contribution in [0.15, 0.2) is 42.5 Å². The molecular weight excluding hydrogens is 352 g/mol. The Bertz CT molecular complexity index is 1010. The number of nitrogens with zero attached hydrogens (tertiary/aromatic N) is 3. The molecule has 2 heterocycles. The van der Waals surface area contributed by atoms with Gasteiger partial charge < -0.3 is 15.0 Å². The highest BCUT2D eigenvalue weighted by Crippen LogP contribution is 2.28. The van der Waals surface area contributed by atoms with Crippen LogP contribution < -0.4 is 15.0 Å². The number of anilines is 2. The van der Waals surface area contributed by atoms with Gasteiger partial charge in [0.15, 0.2) is 18.2 Å². The average Bonchev–Trinajstić information content (AvgIpc) is 3.21. The molecular formula is C22H24N4O2. The van der Waals surface area contributed by atoms with E-state index in [1.54, 1.807) is 0 Å². The molecule has 1 aromatic heterocycles. The van der Waals surface area contributed by atoms with Crippen molar-refractivity contribution < 1.29 is 9.53 Å². The van der Waals surface area contributed by atoms with Gasteiger partial charge in [0.25, 0.3) is 5.91 Å². The minimum atomic E-state index is -0.245. The van der Waals surface area contributed by atoms with Crippen molar-refractivity contribution in [1.82, 2.24) is 9.97 Å². The minimum absolute atomic E-state index is 0.0716. The van der Waals surface area contributed by atoms with Crippen LogP contribution in [0, 0.1) is 13.8 Å². The van der Waals surface area contributed by atoms with Crippen molar-refractivity contribution in [2.75, 3.05) is 29.9 Å². The largest absolute Gasteiger partial charge is 0.483 e. The Morgan fingerprint density at radius 1 is 1.07 bits per heavy atom. The van der Waals surface area contributed by atoms with Crippen molar-refractivity contribution in [1.29, 1.82) is 0 Å². The van der Waals surface area contributed by atoms with E-state index >= 15 is 0 Å². The average molecular weight is 376 g/mol. The standard InChI is InChI=1S/C22H24N4O2/c1-15-9-10-19(16(2)13-15)28-14-20(27)25-21-22(26-11-5-6-12-26)24-18-8-4-3-7-17(18)23-21/h3-4,7-10,13H,5-6,11-12,14H2,1-2H3,(H,23,25,27). The van der Waals surface area contributed by atoms with Gasteiger partial charge in [-0.2, -0.15) is 0 Å². The molecule has 1 aliphatic heterocycles. The number of benzene rings is 2. The van der Waals surface area contributed by atoms with Crippen LogP contribution in [0.5, 0.6) is 5.75 Å². The lowest BCUT2D eigenvalue weighted by Crippen LogP contribution is -2.25. The second-order valence-corrected chi connectivity index (χ2v) is 7.18. The van der Waals surface area contributed by atoms with Gasteiger partial charge in [-0.3, -0.25) is 4.79 Å². The van der Waals surface area contributed by atoms with E-state index in [1.165, 1.54) is 0 Å². The summed E-state index contributed by atoms with van der Waals surface area (Å²) in [6.07, 6.45) is 2.25. The maximum absolute atomic E-state index is 12.5. The summed E-state index contributed by atoms with van der Waals surface area (Å²) in [6.45, 7) is 5.78. The molecule has 28 heavy (non-hydrogen) atoms. The molecule has 1 amide bonds. The van der Waals surface area contributed by atoms with E-state index in [0.717, 1.165) is 53.9 Å². The molecule has 0 radical (unpaired) electrons. The van der Waals surface area contributed by atoms with E-state index in [1.807, 2.05) is 56.3 Å². The fourth-order valence-corrected chi connectivity index (χ4v) is 3.50. The van der Waals surface area contributed by atoms with E-state index < -0.39 is 0 Å². The number of carbonyl (C=O) groups is 1. The topological polar surface area (TPSA) is 67.3 Å². The molecule has 4 rings (SSSR count). The number of fused-ring (bicyclic) bond motifs is 1. The quantitative estimate of drug-likeness (QED) is 0.732. The van der Waals surface area contributed by atoms with Gasteiger partial charge in [0.2, 0.25) is 0 Å². The van der Waals surface area contributed by atoms with Gasteiger partial charge in [-0.25, -0.2) is 9.97 Å². The van der Waals surface area contributed by atoms with Gasteiger partial charge in [-0.1, -0.05) is 29.8 Å². The first kappa shape index (κ1) is 18.2. The number of nitrogens with one attached hydrogen (secondary N) is 1. The number of aromatic nitrogens is 2. The Morgan fingerprint density at radius 2 is 1.79 bits per heavy atom. The first-order valence-corrected chi connectivity index (χ1v) is 9.62. The van der Waals surface area contributed by atoms with Gasteiger partial charge in [0, 0.05) is 13.1 Å². The molecule has 1 saturated heterocycles. The number of hydrogen-bond donors (Lipinski definition) is 1. The van der Waals surface area contributed by atoms with Crippen molar-refractivity contribution in [2.45, 2.75) is 26.7 Å². The fraction of sp³-hybridized carbons (Fsp3) is 0.318. The Hall–Kier alpha value is -3.15. The molecule has 0 atom stereocenters. The maximum Gasteiger partial charge on any atom is 0.263 e. The molecule has 2 aromatic carbocycles. The van der Waals surface area contributed by atoms with Crippen LogP contribution >= 0.6 is 0 Å². The lowest BCUT2D eigenvalue weighted by molar-refractivity contribution is -0.118. The molecule has 0 aliphatic carbocycles. The van der Waals surface area contributed by atoms with E-state index in [9.17, 15) is 4.79 Å². The zero-order valence-electron chi connectivity index (χ0n) is 16.2. The molecule has 3 aromatic rings. The predicted molar refractivity (Wildman–Crippen MR) is 111 cm³/mol. The molecule has 1 fully saturated rings. The number of aryl methyl sites for hydroxylation is 2. The molecule has 6 nitrogen and oxygen atoms in total. The minimum Gasteiger partial charge on any atom is -0.483 e. The number of para-hydroxylation sites is 2. The van der Waals surface area contributed by atoms with Crippen LogP contribution in [0.25, 0.3) is 11.0 Å². The summed E-state index contributed by atoms with van der Waals surface area (Å²) >= 11 is 0. The van der Waals surface area contributed by atoms with Crippen LogP contribution in [0.1, 0.15) is 24.0 Å². The van der Waals surface area contributed by atoms with E-state index in [2.05, 4.69) is 15.2 Å². The van der Waals surface area contributed by atoms with Crippen molar-refractivity contribution in [3.05, 3.63) is 53.6 Å². The smallest absolute Gasteiger partial charge is 0.263 e. The van der Waals surface area contributed by atoms with Crippen molar-refractivity contribution >= 4 is 28.6 Å². The predicted octanol–water partition coefficient (Wildman–Crippen LogP) is 3.86. The normalized spacial score (nSPS) is 13.7. The number of hydrogen-bond acceptors (Lipinski definition) is 5. The van der Waals surface area contributed by atoms with Gasteiger partial charge in [-0.05, 0) is 50.5 Å². The van der Waals surface area contributed by atoms with Gasteiger partial charge in [0.05, 0.1) is 11.0 Å². The monoisotopic (exact) mass is 376 g/mol. The third kappa shape index (κ3) is 3.91. The highest BCUT2D eigenvalue weighted by molar-refractivity contribution is 5.95. The first-order valence-electron chi connectivity index (χ1n) is 9.62. The van der Waals surface area contributed by atoms with E-state index in [0.29, 0.717) is 11.6 Å². The number of rotatable bonds is 5. The molecule has 0 spiro atoms. The lowest BCUT2D eigenvalue weighted by atomic mass is 10.1. The molecule has 1 N–H and O–H groups in total. The van der Waals surface area contributed by atoms with Crippen molar-refractivity contribution in [2.24, 2.45) is 0 Å². The molecule has 0 bridgehead atoms. The summed E-state index contributed by atoms with van der Waals surface area (Å²) < 4.78 is 5.70. The third-order valence-corrected chi connectivity index (χ3v) is 4.90. The van der Waals surface area contributed by atoms with Crippen LogP contribution in [0.3, 0.4) is 0 Å². The molecule has 144 valence electrons. The van der Waals surface area contributed by atoms with Crippen molar-refractivity contribution in [3.8, 4) is 5.75 Å². The van der Waals surface area contributed by atoms with Gasteiger partial charge in [0.1, 0.15) is 5.75 Å². The maximum atomic E-state index is 12.5. The summed E-state index contributed by atoms with van der Waals surface area (Å²) in [5.74, 6) is 1.70. The zero-order valence-corrected chi connectivity index (χ0v) is 16.2. The summed E-state index contributed by atoms with van der Waals surface area (Å²) in [5, 5.41) is 2.90. The summed E-state index contributed by atoms with van der Waals surface area (Å²) in [5.41, 5.74) is 3.76. The Balaban J connectivity index is 1.54. The van der Waals surface area contributed by atoms with Gasteiger partial charge in [-0.15, -0.1) is 0 Å².